The van der Waals surface area contributed by atoms with Gasteiger partial charge in [-0.2, -0.15) is 5.10 Å². The highest BCUT2D eigenvalue weighted by Crippen LogP contribution is 2.19. The number of rotatable bonds is 3. The molecule has 2 aromatic rings. The third-order valence-electron chi connectivity index (χ3n) is 2.44. The quantitative estimate of drug-likeness (QED) is 0.432. The Hall–Kier alpha value is -1.41. The molecule has 0 aliphatic heterocycles. The Morgan fingerprint density at radius 2 is 2.10 bits per heavy atom. The zero-order valence-electron chi connectivity index (χ0n) is 10.2. The standard InChI is InChI=1S/C14H10BrIN2O2/c15-11-3-1-2-10(7-11)14(20)18-17-8-9-4-5-13(19)12(16)6-9/h1-8,19H,(H,18,20)/b17-8-. The van der Waals surface area contributed by atoms with Crippen LogP contribution in [0.1, 0.15) is 15.9 Å². The predicted octanol–water partition coefficient (Wildman–Crippen LogP) is 3.52. The SMILES string of the molecule is O=C(N/N=C\c1ccc(O)c(I)c1)c1cccc(Br)c1. The van der Waals surface area contributed by atoms with Gasteiger partial charge in [-0.1, -0.05) is 22.0 Å². The molecule has 0 aromatic heterocycles. The van der Waals surface area contributed by atoms with Crippen molar-refractivity contribution in [2.24, 2.45) is 5.10 Å². The van der Waals surface area contributed by atoms with Crippen molar-refractivity contribution in [2.45, 2.75) is 0 Å². The summed E-state index contributed by atoms with van der Waals surface area (Å²) >= 11 is 5.33. The smallest absolute Gasteiger partial charge is 0.271 e. The van der Waals surface area contributed by atoms with Crippen LogP contribution in [0.25, 0.3) is 0 Å². The minimum absolute atomic E-state index is 0.223. The Labute approximate surface area is 138 Å². The predicted molar refractivity (Wildman–Crippen MR) is 90.0 cm³/mol. The van der Waals surface area contributed by atoms with Crippen LogP contribution >= 0.6 is 38.5 Å². The number of carbonyl (C=O) groups is 1. The van der Waals surface area contributed by atoms with Crippen LogP contribution in [0, 0.1) is 3.57 Å². The van der Waals surface area contributed by atoms with Crippen molar-refractivity contribution in [2.75, 3.05) is 0 Å². The summed E-state index contributed by atoms with van der Waals surface area (Å²) in [5.74, 6) is -0.0584. The lowest BCUT2D eigenvalue weighted by atomic mass is 10.2. The van der Waals surface area contributed by atoms with Gasteiger partial charge in [-0.25, -0.2) is 5.43 Å². The highest BCUT2D eigenvalue weighted by atomic mass is 127. The van der Waals surface area contributed by atoms with Gasteiger partial charge in [-0.15, -0.1) is 0 Å². The van der Waals surface area contributed by atoms with E-state index in [0.717, 1.165) is 13.6 Å². The van der Waals surface area contributed by atoms with Gasteiger partial charge in [0.2, 0.25) is 0 Å². The molecule has 0 radical (unpaired) electrons. The monoisotopic (exact) mass is 444 g/mol. The molecular weight excluding hydrogens is 435 g/mol. The van der Waals surface area contributed by atoms with Gasteiger partial charge in [-0.3, -0.25) is 4.79 Å². The van der Waals surface area contributed by atoms with Gasteiger partial charge in [0.15, 0.2) is 0 Å². The molecule has 0 fully saturated rings. The third kappa shape index (κ3) is 4.04. The molecule has 0 aliphatic rings. The Morgan fingerprint density at radius 3 is 2.80 bits per heavy atom. The molecule has 4 nitrogen and oxygen atoms in total. The normalized spacial score (nSPS) is 10.7. The van der Waals surface area contributed by atoms with E-state index >= 15 is 0 Å². The maximum Gasteiger partial charge on any atom is 0.271 e. The zero-order chi connectivity index (χ0) is 14.5. The van der Waals surface area contributed by atoms with E-state index in [4.69, 9.17) is 0 Å². The first-order chi connectivity index (χ1) is 9.56. The van der Waals surface area contributed by atoms with E-state index in [0.29, 0.717) is 5.56 Å². The molecule has 20 heavy (non-hydrogen) atoms. The fraction of sp³-hybridized carbons (Fsp3) is 0. The number of nitrogens with one attached hydrogen (secondary N) is 1. The van der Waals surface area contributed by atoms with Gasteiger partial charge < -0.3 is 5.11 Å². The number of benzene rings is 2. The zero-order valence-corrected chi connectivity index (χ0v) is 13.9. The van der Waals surface area contributed by atoms with E-state index < -0.39 is 0 Å². The van der Waals surface area contributed by atoms with Gasteiger partial charge in [0.1, 0.15) is 5.75 Å². The summed E-state index contributed by atoms with van der Waals surface area (Å²) in [5, 5.41) is 13.3. The fourth-order valence-corrected chi connectivity index (χ4v) is 2.40. The van der Waals surface area contributed by atoms with Crippen LogP contribution in [0.5, 0.6) is 5.75 Å². The average Bonchev–Trinajstić information content (AvgIpc) is 2.42. The molecule has 1 amide bonds. The van der Waals surface area contributed by atoms with Gasteiger partial charge in [-0.05, 0) is 64.6 Å². The van der Waals surface area contributed by atoms with Crippen molar-refractivity contribution < 1.29 is 9.90 Å². The van der Waals surface area contributed by atoms with Crippen molar-refractivity contribution in [3.05, 3.63) is 61.6 Å². The van der Waals surface area contributed by atoms with Crippen LogP contribution in [0.4, 0.5) is 0 Å². The second kappa shape index (κ2) is 6.85. The first-order valence-corrected chi connectivity index (χ1v) is 7.51. The van der Waals surface area contributed by atoms with Crippen LogP contribution in [0.15, 0.2) is 52.0 Å². The lowest BCUT2D eigenvalue weighted by Crippen LogP contribution is -2.17. The lowest BCUT2D eigenvalue weighted by molar-refractivity contribution is 0.0955. The summed E-state index contributed by atoms with van der Waals surface area (Å²) in [6.07, 6.45) is 1.53. The van der Waals surface area contributed by atoms with Crippen molar-refractivity contribution in [3.8, 4) is 5.75 Å². The third-order valence-corrected chi connectivity index (χ3v) is 3.80. The number of carbonyl (C=O) groups excluding carboxylic acids is 1. The number of phenols is 1. The second-order valence-electron chi connectivity index (χ2n) is 3.92. The molecule has 0 heterocycles. The molecule has 0 aliphatic carbocycles. The van der Waals surface area contributed by atoms with Gasteiger partial charge in [0, 0.05) is 10.0 Å². The van der Waals surface area contributed by atoms with Gasteiger partial charge in [0.05, 0.1) is 9.78 Å². The molecular formula is C14H10BrIN2O2. The van der Waals surface area contributed by atoms with Gasteiger partial charge >= 0.3 is 0 Å². The number of nitrogens with zero attached hydrogens (tertiary/aromatic N) is 1. The molecule has 2 aromatic carbocycles. The van der Waals surface area contributed by atoms with Crippen LogP contribution < -0.4 is 5.43 Å². The second-order valence-corrected chi connectivity index (χ2v) is 6.00. The molecule has 0 atom stereocenters. The van der Waals surface area contributed by atoms with Crippen LogP contribution in [-0.2, 0) is 0 Å². The minimum atomic E-state index is -0.281. The number of amides is 1. The maximum absolute atomic E-state index is 11.8. The summed E-state index contributed by atoms with van der Waals surface area (Å²) < 4.78 is 1.56. The minimum Gasteiger partial charge on any atom is -0.507 e. The molecule has 0 saturated heterocycles. The van der Waals surface area contributed by atoms with Crippen LogP contribution in [0.2, 0.25) is 0 Å². The van der Waals surface area contributed by atoms with Crippen molar-refractivity contribution in [1.29, 1.82) is 0 Å². The highest BCUT2D eigenvalue weighted by molar-refractivity contribution is 14.1. The van der Waals surface area contributed by atoms with E-state index in [2.05, 4.69) is 26.5 Å². The van der Waals surface area contributed by atoms with Crippen molar-refractivity contribution in [3.63, 3.8) is 0 Å². The molecule has 102 valence electrons. The van der Waals surface area contributed by atoms with Gasteiger partial charge in [0.25, 0.3) is 5.91 Å². The number of hydrazone groups is 1. The summed E-state index contributed by atoms with van der Waals surface area (Å²) in [6, 6.07) is 12.1. The Balaban J connectivity index is 2.02. The molecule has 2 rings (SSSR count). The Bertz CT molecular complexity index is 674. The average molecular weight is 445 g/mol. The molecule has 0 bridgehead atoms. The number of hydrogen-bond acceptors (Lipinski definition) is 3. The number of aromatic hydroxyl groups is 1. The molecule has 0 unspecified atom stereocenters. The lowest BCUT2D eigenvalue weighted by Gasteiger charge is -2.01. The van der Waals surface area contributed by atoms with E-state index in [1.54, 1.807) is 36.4 Å². The first-order valence-electron chi connectivity index (χ1n) is 5.64. The summed E-state index contributed by atoms with van der Waals surface area (Å²) in [4.78, 5) is 11.8. The van der Waals surface area contributed by atoms with E-state index in [-0.39, 0.29) is 11.7 Å². The first kappa shape index (κ1) is 15.0. The molecule has 0 spiro atoms. The highest BCUT2D eigenvalue weighted by Gasteiger charge is 2.03. The summed E-state index contributed by atoms with van der Waals surface area (Å²) in [6.45, 7) is 0. The van der Waals surface area contributed by atoms with Crippen molar-refractivity contribution in [1.82, 2.24) is 5.43 Å². The largest absolute Gasteiger partial charge is 0.507 e. The Kier molecular flexibility index (Phi) is 5.13. The van der Waals surface area contributed by atoms with Crippen molar-refractivity contribution >= 4 is 50.6 Å². The summed E-state index contributed by atoms with van der Waals surface area (Å²) in [5.41, 5.74) is 3.77. The Morgan fingerprint density at radius 1 is 1.30 bits per heavy atom. The fourth-order valence-electron chi connectivity index (χ4n) is 1.46. The van der Waals surface area contributed by atoms with E-state index in [1.807, 2.05) is 28.7 Å². The summed E-state index contributed by atoms with van der Waals surface area (Å²) in [7, 11) is 0. The number of hydrogen-bond donors (Lipinski definition) is 2. The molecule has 2 N–H and O–H groups in total. The van der Waals surface area contributed by atoms with E-state index in [9.17, 15) is 9.90 Å². The van der Waals surface area contributed by atoms with Crippen LogP contribution in [0.3, 0.4) is 0 Å². The maximum atomic E-state index is 11.8. The molecule has 6 heteroatoms. The number of halogens is 2. The van der Waals surface area contributed by atoms with E-state index in [1.165, 1.54) is 6.21 Å². The topological polar surface area (TPSA) is 61.7 Å². The van der Waals surface area contributed by atoms with Crippen LogP contribution in [-0.4, -0.2) is 17.2 Å². The number of phenolic OH excluding ortho intramolecular Hbond substituents is 1. The molecule has 0 saturated carbocycles.